The number of phenols is 1. The molecule has 0 aliphatic heterocycles. The largest absolute Gasteiger partial charge is 0.508 e. The van der Waals surface area contributed by atoms with Gasteiger partial charge < -0.3 is 10.4 Å². The smallest absolute Gasteiger partial charge is 0.115 e. The van der Waals surface area contributed by atoms with Crippen molar-refractivity contribution in [3.05, 3.63) is 58.1 Å². The molecule has 88 valence electrons. The first-order chi connectivity index (χ1) is 8.15. The first-order valence-electron chi connectivity index (χ1n) is 5.43. The van der Waals surface area contributed by atoms with Crippen molar-refractivity contribution in [3.63, 3.8) is 0 Å². The van der Waals surface area contributed by atoms with Crippen LogP contribution < -0.4 is 5.32 Å². The molecule has 2 rings (SSSR count). The van der Waals surface area contributed by atoms with Gasteiger partial charge in [0.25, 0.3) is 0 Å². The fourth-order valence-electron chi connectivity index (χ4n) is 1.52. The van der Waals surface area contributed by atoms with Gasteiger partial charge in [0.15, 0.2) is 0 Å². The first kappa shape index (κ1) is 12.0. The van der Waals surface area contributed by atoms with Crippen molar-refractivity contribution in [2.75, 3.05) is 5.32 Å². The maximum absolute atomic E-state index is 9.18. The summed E-state index contributed by atoms with van der Waals surface area (Å²) in [6, 6.07) is 13.4. The van der Waals surface area contributed by atoms with Crippen LogP contribution in [0, 0.1) is 6.92 Å². The second kappa shape index (κ2) is 5.23. The molecule has 0 radical (unpaired) electrons. The van der Waals surface area contributed by atoms with Gasteiger partial charge in [-0.2, -0.15) is 0 Å². The molecule has 0 aromatic heterocycles. The molecule has 0 heterocycles. The minimum atomic E-state index is 0.298. The number of aryl methyl sites for hydroxylation is 1. The molecule has 0 unspecified atom stereocenters. The van der Waals surface area contributed by atoms with E-state index in [1.54, 1.807) is 12.1 Å². The molecule has 2 aromatic carbocycles. The maximum Gasteiger partial charge on any atom is 0.115 e. The zero-order chi connectivity index (χ0) is 12.3. The normalized spacial score (nSPS) is 10.2. The van der Waals surface area contributed by atoms with E-state index in [1.165, 1.54) is 5.56 Å². The quantitative estimate of drug-likeness (QED) is 0.893. The van der Waals surface area contributed by atoms with Gasteiger partial charge in [0.2, 0.25) is 0 Å². The molecule has 0 saturated heterocycles. The van der Waals surface area contributed by atoms with E-state index < -0.39 is 0 Å². The van der Waals surface area contributed by atoms with Crippen LogP contribution >= 0.6 is 15.9 Å². The predicted octanol–water partition coefficient (Wildman–Crippen LogP) is 4.08. The van der Waals surface area contributed by atoms with Crippen LogP contribution in [0.4, 0.5) is 5.69 Å². The topological polar surface area (TPSA) is 32.3 Å². The molecule has 0 fully saturated rings. The highest BCUT2D eigenvalue weighted by Crippen LogP contribution is 2.21. The van der Waals surface area contributed by atoms with Gasteiger partial charge in [-0.3, -0.25) is 0 Å². The third-order valence-corrected chi connectivity index (χ3v) is 3.46. The minimum absolute atomic E-state index is 0.298. The number of nitrogens with one attached hydrogen (secondary N) is 1. The highest BCUT2D eigenvalue weighted by molar-refractivity contribution is 9.10. The van der Waals surface area contributed by atoms with Crippen LogP contribution in [-0.2, 0) is 6.54 Å². The monoisotopic (exact) mass is 291 g/mol. The standard InChI is InChI=1S/C14H14BrNO/c1-10-2-5-12(8-14(10)15)16-9-11-3-6-13(17)7-4-11/h2-8,16-17H,9H2,1H3. The number of benzene rings is 2. The summed E-state index contributed by atoms with van der Waals surface area (Å²) in [7, 11) is 0. The molecule has 2 aromatic rings. The molecule has 0 spiro atoms. The number of anilines is 1. The Morgan fingerprint density at radius 2 is 1.82 bits per heavy atom. The van der Waals surface area contributed by atoms with Crippen LogP contribution in [0.2, 0.25) is 0 Å². The van der Waals surface area contributed by atoms with E-state index in [9.17, 15) is 5.11 Å². The lowest BCUT2D eigenvalue weighted by atomic mass is 10.2. The summed E-state index contributed by atoms with van der Waals surface area (Å²) in [5, 5.41) is 12.5. The number of aromatic hydroxyl groups is 1. The van der Waals surface area contributed by atoms with Gasteiger partial charge in [-0.1, -0.05) is 34.1 Å². The summed E-state index contributed by atoms with van der Waals surface area (Å²) in [4.78, 5) is 0. The first-order valence-corrected chi connectivity index (χ1v) is 6.22. The predicted molar refractivity (Wildman–Crippen MR) is 74.3 cm³/mol. The highest BCUT2D eigenvalue weighted by Gasteiger charge is 1.98. The van der Waals surface area contributed by atoms with Crippen LogP contribution in [0.3, 0.4) is 0 Å². The van der Waals surface area contributed by atoms with Crippen molar-refractivity contribution in [3.8, 4) is 5.75 Å². The van der Waals surface area contributed by atoms with Gasteiger partial charge in [0.05, 0.1) is 0 Å². The van der Waals surface area contributed by atoms with Crippen molar-refractivity contribution >= 4 is 21.6 Å². The van der Waals surface area contributed by atoms with E-state index >= 15 is 0 Å². The van der Waals surface area contributed by atoms with Gasteiger partial charge >= 0.3 is 0 Å². The van der Waals surface area contributed by atoms with Crippen molar-refractivity contribution in [2.24, 2.45) is 0 Å². The number of halogens is 1. The maximum atomic E-state index is 9.18. The van der Waals surface area contributed by atoms with E-state index in [4.69, 9.17) is 0 Å². The molecule has 0 aliphatic rings. The summed E-state index contributed by atoms with van der Waals surface area (Å²) >= 11 is 3.51. The SMILES string of the molecule is Cc1ccc(NCc2ccc(O)cc2)cc1Br. The van der Waals surface area contributed by atoms with E-state index in [-0.39, 0.29) is 0 Å². The molecule has 3 heteroatoms. The lowest BCUT2D eigenvalue weighted by Crippen LogP contribution is -1.99. The molecular formula is C14H14BrNO. The van der Waals surface area contributed by atoms with Gasteiger partial charge in [-0.25, -0.2) is 0 Å². The van der Waals surface area contributed by atoms with Gasteiger partial charge in [0.1, 0.15) is 5.75 Å². The van der Waals surface area contributed by atoms with Gasteiger partial charge in [0, 0.05) is 16.7 Å². The molecule has 2 nitrogen and oxygen atoms in total. The number of hydrogen-bond acceptors (Lipinski definition) is 2. The minimum Gasteiger partial charge on any atom is -0.508 e. The molecule has 2 N–H and O–H groups in total. The van der Waals surface area contributed by atoms with Crippen molar-refractivity contribution in [2.45, 2.75) is 13.5 Å². The molecule has 0 bridgehead atoms. The number of rotatable bonds is 3. The number of phenolic OH excluding ortho intramolecular Hbond substituents is 1. The summed E-state index contributed by atoms with van der Waals surface area (Å²) in [5.41, 5.74) is 3.44. The third kappa shape index (κ3) is 3.24. The van der Waals surface area contributed by atoms with Crippen molar-refractivity contribution < 1.29 is 5.11 Å². The molecule has 17 heavy (non-hydrogen) atoms. The van der Waals surface area contributed by atoms with E-state index in [2.05, 4.69) is 46.4 Å². The Kier molecular flexibility index (Phi) is 3.69. The summed E-state index contributed by atoms with van der Waals surface area (Å²) in [6.07, 6.45) is 0. The fraction of sp³-hybridized carbons (Fsp3) is 0.143. The highest BCUT2D eigenvalue weighted by atomic mass is 79.9. The average molecular weight is 292 g/mol. The molecular weight excluding hydrogens is 278 g/mol. The lowest BCUT2D eigenvalue weighted by molar-refractivity contribution is 0.475. The Bertz CT molecular complexity index is 508. The second-order valence-electron chi connectivity index (χ2n) is 3.98. The number of hydrogen-bond donors (Lipinski definition) is 2. The molecule has 0 atom stereocenters. The zero-order valence-corrected chi connectivity index (χ0v) is 11.2. The van der Waals surface area contributed by atoms with Crippen molar-refractivity contribution in [1.82, 2.24) is 0 Å². The zero-order valence-electron chi connectivity index (χ0n) is 9.57. The Morgan fingerprint density at radius 3 is 2.47 bits per heavy atom. The summed E-state index contributed by atoms with van der Waals surface area (Å²) < 4.78 is 1.10. The van der Waals surface area contributed by atoms with Crippen LogP contribution in [0.25, 0.3) is 0 Å². The van der Waals surface area contributed by atoms with Crippen LogP contribution in [0.1, 0.15) is 11.1 Å². The van der Waals surface area contributed by atoms with E-state index in [1.807, 2.05) is 12.1 Å². The Hall–Kier alpha value is -1.48. The van der Waals surface area contributed by atoms with Gasteiger partial charge in [-0.05, 0) is 42.3 Å². The van der Waals surface area contributed by atoms with Crippen LogP contribution in [-0.4, -0.2) is 5.11 Å². The lowest BCUT2D eigenvalue weighted by Gasteiger charge is -2.08. The van der Waals surface area contributed by atoms with E-state index in [0.29, 0.717) is 5.75 Å². The van der Waals surface area contributed by atoms with Crippen LogP contribution in [0.5, 0.6) is 5.75 Å². The molecule has 0 amide bonds. The van der Waals surface area contributed by atoms with E-state index in [0.717, 1.165) is 22.3 Å². The average Bonchev–Trinajstić information content (AvgIpc) is 2.33. The van der Waals surface area contributed by atoms with Crippen molar-refractivity contribution in [1.29, 1.82) is 0 Å². The Labute approximate surface area is 109 Å². The summed E-state index contributed by atoms with van der Waals surface area (Å²) in [6.45, 7) is 2.81. The Morgan fingerprint density at radius 1 is 1.12 bits per heavy atom. The fourth-order valence-corrected chi connectivity index (χ4v) is 1.90. The third-order valence-electron chi connectivity index (χ3n) is 2.60. The van der Waals surface area contributed by atoms with Crippen LogP contribution in [0.15, 0.2) is 46.9 Å². The Balaban J connectivity index is 2.02. The summed E-state index contributed by atoms with van der Waals surface area (Å²) in [5.74, 6) is 0.298. The molecule has 0 aliphatic carbocycles. The second-order valence-corrected chi connectivity index (χ2v) is 4.84. The van der Waals surface area contributed by atoms with Gasteiger partial charge in [-0.15, -0.1) is 0 Å². The molecule has 0 saturated carbocycles.